The predicted molar refractivity (Wildman–Crippen MR) is 74.6 cm³/mol. The molecule has 0 amide bonds. The Bertz CT molecular complexity index is 452. The van der Waals surface area contributed by atoms with Gasteiger partial charge in [0, 0.05) is 11.6 Å². The molecule has 0 radical (unpaired) electrons. The lowest BCUT2D eigenvalue weighted by Gasteiger charge is -2.24. The maximum Gasteiger partial charge on any atom is 0.330 e. The molecule has 0 saturated carbocycles. The smallest absolute Gasteiger partial charge is 0.330 e. The molecular weight excluding hydrogens is 282 g/mol. The van der Waals surface area contributed by atoms with Gasteiger partial charge in [0.25, 0.3) is 0 Å². The third-order valence-electron chi connectivity index (χ3n) is 3.03. The van der Waals surface area contributed by atoms with Crippen LogP contribution in [-0.2, 0) is 15.1 Å². The van der Waals surface area contributed by atoms with Crippen LogP contribution in [0.1, 0.15) is 31.2 Å². The van der Waals surface area contributed by atoms with Crippen LogP contribution in [0.3, 0.4) is 0 Å². The fourth-order valence-corrected chi connectivity index (χ4v) is 2.43. The number of carbonyl (C=O) groups is 2. The highest BCUT2D eigenvalue weighted by Gasteiger charge is 2.37. The number of aliphatic carboxylic acids is 2. The van der Waals surface area contributed by atoms with Gasteiger partial charge in [-0.15, -0.1) is 11.3 Å². The summed E-state index contributed by atoms with van der Waals surface area (Å²) in [6, 6.07) is -0.861. The van der Waals surface area contributed by atoms with E-state index in [0.29, 0.717) is 30.8 Å². The number of rotatable bonds is 9. The number of aromatic nitrogens is 1. The molecule has 0 aliphatic heterocycles. The van der Waals surface area contributed by atoms with Crippen molar-refractivity contribution in [1.29, 1.82) is 0 Å². The van der Waals surface area contributed by atoms with Crippen LogP contribution in [0, 0.1) is 0 Å². The number of hydrogen-bond donors (Lipinski definition) is 4. The van der Waals surface area contributed by atoms with E-state index < -0.39 is 23.5 Å². The van der Waals surface area contributed by atoms with E-state index in [1.807, 2.05) is 0 Å². The number of nitrogens with zero attached hydrogens (tertiary/aromatic N) is 1. The predicted octanol–water partition coefficient (Wildman–Crippen LogP) is 0.615. The van der Waals surface area contributed by atoms with Crippen LogP contribution in [0.25, 0.3) is 0 Å². The second-order valence-electron chi connectivity index (χ2n) is 4.63. The number of thiazole rings is 1. The number of nitrogens with one attached hydrogen (secondary N) is 1. The highest BCUT2D eigenvalue weighted by molar-refractivity contribution is 7.09. The minimum Gasteiger partial charge on any atom is -0.480 e. The molecule has 20 heavy (non-hydrogen) atoms. The highest BCUT2D eigenvalue weighted by atomic mass is 32.1. The summed E-state index contributed by atoms with van der Waals surface area (Å²) >= 11 is 1.28. The molecule has 0 aliphatic rings. The van der Waals surface area contributed by atoms with Crippen molar-refractivity contribution in [2.75, 3.05) is 6.54 Å². The van der Waals surface area contributed by atoms with Gasteiger partial charge in [0.15, 0.2) is 5.54 Å². The first-order valence-corrected chi connectivity index (χ1v) is 7.12. The van der Waals surface area contributed by atoms with E-state index in [2.05, 4.69) is 10.3 Å². The largest absolute Gasteiger partial charge is 0.480 e. The maximum atomic E-state index is 11.4. The molecule has 2 unspecified atom stereocenters. The summed E-state index contributed by atoms with van der Waals surface area (Å²) in [6.45, 7) is 2.02. The van der Waals surface area contributed by atoms with Crippen LogP contribution >= 0.6 is 11.3 Å². The van der Waals surface area contributed by atoms with Gasteiger partial charge in [0.2, 0.25) is 0 Å². The Morgan fingerprint density at radius 3 is 2.70 bits per heavy atom. The minimum absolute atomic E-state index is 0.373. The molecule has 8 heteroatoms. The average molecular weight is 301 g/mol. The number of carboxylic acids is 2. The van der Waals surface area contributed by atoms with Crippen molar-refractivity contribution in [2.24, 2.45) is 5.73 Å². The molecule has 1 rings (SSSR count). The SMILES string of the molecule is CC(NCCCCC(N)C(=O)O)(C(=O)O)c1nccs1. The molecule has 112 valence electrons. The second-order valence-corrected chi connectivity index (χ2v) is 5.53. The molecule has 7 nitrogen and oxygen atoms in total. The monoisotopic (exact) mass is 301 g/mol. The summed E-state index contributed by atoms with van der Waals surface area (Å²) < 4.78 is 0. The van der Waals surface area contributed by atoms with Gasteiger partial charge in [0.05, 0.1) is 0 Å². The summed E-state index contributed by atoms with van der Waals surface area (Å²) in [5, 5.41) is 23.1. The van der Waals surface area contributed by atoms with Crippen LogP contribution in [-0.4, -0.2) is 39.7 Å². The van der Waals surface area contributed by atoms with Gasteiger partial charge in [-0.1, -0.05) is 6.42 Å². The summed E-state index contributed by atoms with van der Waals surface area (Å²) in [7, 11) is 0. The first-order valence-electron chi connectivity index (χ1n) is 6.24. The van der Waals surface area contributed by atoms with Crippen molar-refractivity contribution < 1.29 is 19.8 Å². The van der Waals surface area contributed by atoms with Crippen molar-refractivity contribution >= 4 is 23.3 Å². The zero-order valence-electron chi connectivity index (χ0n) is 11.2. The van der Waals surface area contributed by atoms with Gasteiger partial charge in [-0.25, -0.2) is 9.78 Å². The Hall–Kier alpha value is -1.51. The molecule has 0 aliphatic carbocycles. The fourth-order valence-electron chi connectivity index (χ4n) is 1.66. The third-order valence-corrected chi connectivity index (χ3v) is 4.02. The zero-order valence-corrected chi connectivity index (χ0v) is 12.0. The van der Waals surface area contributed by atoms with Crippen molar-refractivity contribution in [1.82, 2.24) is 10.3 Å². The van der Waals surface area contributed by atoms with E-state index in [0.717, 1.165) is 0 Å². The number of carboxylic acid groups (broad SMARTS) is 2. The molecular formula is C12H19N3O4S. The van der Waals surface area contributed by atoms with Crippen LogP contribution in [0.2, 0.25) is 0 Å². The van der Waals surface area contributed by atoms with E-state index in [4.69, 9.17) is 10.8 Å². The van der Waals surface area contributed by atoms with Crippen molar-refractivity contribution in [2.45, 2.75) is 37.8 Å². The molecule has 2 atom stereocenters. The van der Waals surface area contributed by atoms with Crippen LogP contribution < -0.4 is 11.1 Å². The van der Waals surface area contributed by atoms with E-state index in [9.17, 15) is 14.7 Å². The maximum absolute atomic E-state index is 11.4. The van der Waals surface area contributed by atoms with E-state index in [1.165, 1.54) is 11.3 Å². The fraction of sp³-hybridized carbons (Fsp3) is 0.583. The molecule has 0 saturated heterocycles. The summed E-state index contributed by atoms with van der Waals surface area (Å²) in [4.78, 5) is 26.0. The van der Waals surface area contributed by atoms with Crippen molar-refractivity contribution in [3.8, 4) is 0 Å². The third kappa shape index (κ3) is 4.26. The number of nitrogens with two attached hydrogens (primary N) is 1. The van der Waals surface area contributed by atoms with Gasteiger partial charge < -0.3 is 15.9 Å². The number of unbranched alkanes of at least 4 members (excludes halogenated alkanes) is 1. The Labute approximate surface area is 120 Å². The Morgan fingerprint density at radius 1 is 1.50 bits per heavy atom. The lowest BCUT2D eigenvalue weighted by Crippen LogP contribution is -2.47. The molecule has 1 heterocycles. The van der Waals surface area contributed by atoms with E-state index in [1.54, 1.807) is 18.5 Å². The normalized spacial score (nSPS) is 15.5. The molecule has 1 aromatic rings. The highest BCUT2D eigenvalue weighted by Crippen LogP contribution is 2.23. The quantitative estimate of drug-likeness (QED) is 0.492. The minimum atomic E-state index is -1.22. The summed E-state index contributed by atoms with van der Waals surface area (Å²) in [6.07, 6.45) is 3.20. The van der Waals surface area contributed by atoms with Crippen molar-refractivity contribution in [3.63, 3.8) is 0 Å². The molecule has 0 bridgehead atoms. The van der Waals surface area contributed by atoms with Gasteiger partial charge in [-0.2, -0.15) is 0 Å². The lowest BCUT2D eigenvalue weighted by molar-refractivity contribution is -0.144. The second kappa shape index (κ2) is 7.32. The van der Waals surface area contributed by atoms with Crippen LogP contribution in [0.15, 0.2) is 11.6 Å². The first-order chi connectivity index (χ1) is 9.38. The summed E-state index contributed by atoms with van der Waals surface area (Å²) in [5.41, 5.74) is 4.17. The van der Waals surface area contributed by atoms with E-state index in [-0.39, 0.29) is 0 Å². The van der Waals surface area contributed by atoms with Gasteiger partial charge in [-0.3, -0.25) is 10.1 Å². The molecule has 0 spiro atoms. The topological polar surface area (TPSA) is 126 Å². The molecule has 0 aromatic carbocycles. The first kappa shape index (κ1) is 16.5. The van der Waals surface area contributed by atoms with Crippen LogP contribution in [0.4, 0.5) is 0 Å². The molecule has 5 N–H and O–H groups in total. The van der Waals surface area contributed by atoms with Gasteiger partial charge in [-0.05, 0) is 26.3 Å². The Balaban J connectivity index is 2.42. The van der Waals surface area contributed by atoms with Gasteiger partial charge >= 0.3 is 11.9 Å². The van der Waals surface area contributed by atoms with Crippen molar-refractivity contribution in [3.05, 3.63) is 16.6 Å². The molecule has 0 fully saturated rings. The lowest BCUT2D eigenvalue weighted by atomic mass is 10.0. The standard InChI is InChI=1S/C12H19N3O4S/c1-12(11(18)19,10-14-6-7-20-10)15-5-3-2-4-8(13)9(16)17/h6-8,15H,2-5,13H2,1H3,(H,16,17)(H,18,19). The summed E-state index contributed by atoms with van der Waals surface area (Å²) in [5.74, 6) is -2.01. The van der Waals surface area contributed by atoms with Gasteiger partial charge in [0.1, 0.15) is 11.0 Å². The van der Waals surface area contributed by atoms with E-state index >= 15 is 0 Å². The average Bonchev–Trinajstić information content (AvgIpc) is 2.91. The molecule has 1 aromatic heterocycles. The number of hydrogen-bond acceptors (Lipinski definition) is 6. The zero-order chi connectivity index (χ0) is 15.2. The van der Waals surface area contributed by atoms with Crippen LogP contribution in [0.5, 0.6) is 0 Å². The Kier molecular flexibility index (Phi) is 6.05. The Morgan fingerprint density at radius 2 is 2.20 bits per heavy atom.